The molecule has 0 aliphatic carbocycles. The minimum atomic E-state index is -3.82. The third kappa shape index (κ3) is 3.91. The maximum Gasteiger partial charge on any atom is 0.325 e. The minimum absolute atomic E-state index is 0.126. The van der Waals surface area contributed by atoms with Gasteiger partial charge >= 0.3 is 5.97 Å². The Hall–Kier alpha value is -0.700. The monoisotopic (exact) mass is 266 g/mol. The Morgan fingerprint density at radius 3 is 2.29 bits per heavy atom. The Kier molecular flexibility index (Phi) is 4.48. The molecule has 0 amide bonds. The van der Waals surface area contributed by atoms with Crippen LogP contribution in [0, 0.1) is 0 Å². The summed E-state index contributed by atoms with van der Waals surface area (Å²) in [6.07, 6.45) is 0.253. The summed E-state index contributed by atoms with van der Waals surface area (Å²) in [5, 5.41) is 9.18. The lowest BCUT2D eigenvalue weighted by molar-refractivity contribution is -0.148. The molecule has 1 aliphatic heterocycles. The quantitative estimate of drug-likeness (QED) is 0.619. The van der Waals surface area contributed by atoms with E-state index in [0.717, 1.165) is 0 Å². The average Bonchev–Trinajstić information content (AvgIpc) is 2.15. The first-order valence-corrected chi connectivity index (χ1v) is 6.88. The number of ether oxygens (including phenoxy) is 1. The molecule has 1 saturated heterocycles. The first-order chi connectivity index (χ1) is 7.77. The highest BCUT2D eigenvalue weighted by Crippen LogP contribution is 2.21. The summed E-state index contributed by atoms with van der Waals surface area (Å²) < 4.78 is 33.0. The van der Waals surface area contributed by atoms with Crippen LogP contribution in [0.5, 0.6) is 0 Å². The van der Waals surface area contributed by atoms with Gasteiger partial charge in [-0.3, -0.25) is 4.79 Å². The molecule has 0 atom stereocenters. The van der Waals surface area contributed by atoms with Gasteiger partial charge in [0, 0.05) is 32.1 Å². The third-order valence-electron chi connectivity index (χ3n) is 2.48. The number of carboxylic acid groups (broad SMARTS) is 1. The zero-order valence-corrected chi connectivity index (χ0v) is 10.7. The van der Waals surface area contributed by atoms with Crippen molar-refractivity contribution in [2.45, 2.75) is 38.3 Å². The molecule has 0 aromatic rings. The SMILES string of the molecule is CC(C)NS(=O)(=O)NC1(C(=O)O)CCOCC1. The molecular formula is C9H18N2O5S. The van der Waals surface area contributed by atoms with Crippen LogP contribution in [0.25, 0.3) is 0 Å². The lowest BCUT2D eigenvalue weighted by Gasteiger charge is -2.33. The van der Waals surface area contributed by atoms with Crippen LogP contribution >= 0.6 is 0 Å². The molecule has 100 valence electrons. The normalized spacial score (nSPS) is 20.4. The molecule has 1 fully saturated rings. The predicted octanol–water partition coefficient (Wildman–Crippen LogP) is -0.547. The van der Waals surface area contributed by atoms with Crippen LogP contribution in [0.15, 0.2) is 0 Å². The second-order valence-corrected chi connectivity index (χ2v) is 5.82. The molecule has 0 unspecified atom stereocenters. The molecule has 0 saturated carbocycles. The molecule has 0 aromatic heterocycles. The van der Waals surface area contributed by atoms with Crippen molar-refractivity contribution in [1.29, 1.82) is 0 Å². The van der Waals surface area contributed by atoms with Gasteiger partial charge in [0.15, 0.2) is 0 Å². The number of carbonyl (C=O) groups is 1. The molecule has 3 N–H and O–H groups in total. The summed E-state index contributed by atoms with van der Waals surface area (Å²) in [5.41, 5.74) is -1.46. The van der Waals surface area contributed by atoms with E-state index in [-0.39, 0.29) is 32.1 Å². The van der Waals surface area contributed by atoms with E-state index < -0.39 is 21.7 Å². The molecule has 0 aromatic carbocycles. The van der Waals surface area contributed by atoms with E-state index in [2.05, 4.69) is 9.44 Å². The van der Waals surface area contributed by atoms with Gasteiger partial charge in [0.1, 0.15) is 5.54 Å². The van der Waals surface area contributed by atoms with Crippen molar-refractivity contribution in [3.63, 3.8) is 0 Å². The second-order valence-electron chi connectivity index (χ2n) is 4.38. The topological polar surface area (TPSA) is 105 Å². The van der Waals surface area contributed by atoms with Crippen molar-refractivity contribution in [2.24, 2.45) is 0 Å². The van der Waals surface area contributed by atoms with Gasteiger partial charge in [0.05, 0.1) is 0 Å². The van der Waals surface area contributed by atoms with Crippen molar-refractivity contribution in [3.8, 4) is 0 Å². The first kappa shape index (κ1) is 14.4. The van der Waals surface area contributed by atoms with Crippen molar-refractivity contribution < 1.29 is 23.1 Å². The number of aliphatic carboxylic acids is 1. The largest absolute Gasteiger partial charge is 0.480 e. The summed E-state index contributed by atoms with van der Waals surface area (Å²) in [5.74, 6) is -1.17. The van der Waals surface area contributed by atoms with E-state index in [1.807, 2.05) is 0 Å². The van der Waals surface area contributed by atoms with Crippen LogP contribution in [0.4, 0.5) is 0 Å². The number of hydrogen-bond donors (Lipinski definition) is 3. The highest BCUT2D eigenvalue weighted by Gasteiger charge is 2.43. The molecule has 8 heteroatoms. The fraction of sp³-hybridized carbons (Fsp3) is 0.889. The first-order valence-electron chi connectivity index (χ1n) is 5.40. The molecule has 1 heterocycles. The van der Waals surface area contributed by atoms with Crippen molar-refractivity contribution >= 4 is 16.2 Å². The third-order valence-corrected chi connectivity index (χ3v) is 3.92. The number of carboxylic acids is 1. The zero-order valence-electron chi connectivity index (χ0n) is 9.89. The van der Waals surface area contributed by atoms with E-state index >= 15 is 0 Å². The molecule has 1 aliphatic rings. The summed E-state index contributed by atoms with van der Waals surface area (Å²) in [7, 11) is -3.82. The van der Waals surface area contributed by atoms with Gasteiger partial charge in [0.2, 0.25) is 0 Å². The van der Waals surface area contributed by atoms with Crippen LogP contribution in [-0.2, 0) is 19.7 Å². The number of hydrogen-bond acceptors (Lipinski definition) is 4. The Labute approximate surface area is 101 Å². The average molecular weight is 266 g/mol. The zero-order chi connectivity index (χ0) is 13.1. The highest BCUT2D eigenvalue weighted by atomic mass is 32.2. The highest BCUT2D eigenvalue weighted by molar-refractivity contribution is 7.87. The van der Waals surface area contributed by atoms with Crippen molar-refractivity contribution in [2.75, 3.05) is 13.2 Å². The van der Waals surface area contributed by atoms with Gasteiger partial charge in [-0.15, -0.1) is 0 Å². The van der Waals surface area contributed by atoms with Crippen LogP contribution in [0.2, 0.25) is 0 Å². The number of nitrogens with one attached hydrogen (secondary N) is 2. The molecule has 17 heavy (non-hydrogen) atoms. The van der Waals surface area contributed by atoms with Crippen molar-refractivity contribution in [3.05, 3.63) is 0 Å². The Morgan fingerprint density at radius 1 is 1.35 bits per heavy atom. The molecule has 0 bridgehead atoms. The molecule has 0 radical (unpaired) electrons. The molecule has 0 spiro atoms. The van der Waals surface area contributed by atoms with E-state index in [9.17, 15) is 18.3 Å². The lowest BCUT2D eigenvalue weighted by atomic mass is 9.92. The summed E-state index contributed by atoms with van der Waals surface area (Å²) >= 11 is 0. The van der Waals surface area contributed by atoms with Crippen LogP contribution in [-0.4, -0.2) is 44.3 Å². The molecule has 7 nitrogen and oxygen atoms in total. The van der Waals surface area contributed by atoms with E-state index in [4.69, 9.17) is 4.74 Å². The van der Waals surface area contributed by atoms with E-state index in [0.29, 0.717) is 0 Å². The summed E-state index contributed by atoms with van der Waals surface area (Å²) in [6.45, 7) is 3.79. The van der Waals surface area contributed by atoms with Gasteiger partial charge in [-0.1, -0.05) is 0 Å². The van der Waals surface area contributed by atoms with Gasteiger partial charge in [0.25, 0.3) is 10.2 Å². The standard InChI is InChI=1S/C9H18N2O5S/c1-7(2)10-17(14,15)11-9(8(12)13)3-5-16-6-4-9/h7,10-11H,3-6H2,1-2H3,(H,12,13). The van der Waals surface area contributed by atoms with E-state index in [1.54, 1.807) is 13.8 Å². The lowest BCUT2D eigenvalue weighted by Crippen LogP contribution is -2.60. The second kappa shape index (κ2) is 5.30. The fourth-order valence-corrected chi connectivity index (χ4v) is 3.16. The Balaban J connectivity index is 2.83. The van der Waals surface area contributed by atoms with Crippen LogP contribution < -0.4 is 9.44 Å². The summed E-state index contributed by atoms with van der Waals surface area (Å²) in [4.78, 5) is 11.2. The molecule has 1 rings (SSSR count). The van der Waals surface area contributed by atoms with Crippen molar-refractivity contribution in [1.82, 2.24) is 9.44 Å². The fourth-order valence-electron chi connectivity index (χ4n) is 1.68. The minimum Gasteiger partial charge on any atom is -0.480 e. The smallest absolute Gasteiger partial charge is 0.325 e. The summed E-state index contributed by atoms with van der Waals surface area (Å²) in [6, 6.07) is -0.293. The maximum atomic E-state index is 11.7. The van der Waals surface area contributed by atoms with E-state index in [1.165, 1.54) is 0 Å². The Morgan fingerprint density at radius 2 is 1.88 bits per heavy atom. The van der Waals surface area contributed by atoms with Gasteiger partial charge in [-0.2, -0.15) is 17.9 Å². The maximum absolute atomic E-state index is 11.7. The Bertz CT molecular complexity index is 373. The van der Waals surface area contributed by atoms with Crippen LogP contribution in [0.1, 0.15) is 26.7 Å². The van der Waals surface area contributed by atoms with Gasteiger partial charge < -0.3 is 9.84 Å². The van der Waals surface area contributed by atoms with Gasteiger partial charge in [-0.25, -0.2) is 0 Å². The molecular weight excluding hydrogens is 248 g/mol. The van der Waals surface area contributed by atoms with Crippen LogP contribution in [0.3, 0.4) is 0 Å². The number of rotatable bonds is 5. The predicted molar refractivity (Wildman–Crippen MR) is 60.7 cm³/mol. The van der Waals surface area contributed by atoms with Gasteiger partial charge in [-0.05, 0) is 13.8 Å².